The second-order valence-corrected chi connectivity index (χ2v) is 11.1. The van der Waals surface area contributed by atoms with Gasteiger partial charge in [0, 0.05) is 0 Å². The van der Waals surface area contributed by atoms with E-state index in [1.807, 2.05) is 0 Å². The van der Waals surface area contributed by atoms with Crippen LogP contribution in [0, 0.1) is 5.92 Å². The molecule has 2 saturated heterocycles. The molecule has 0 aromatic heterocycles. The van der Waals surface area contributed by atoms with Crippen LogP contribution in [-0.2, 0) is 9.47 Å². The zero-order valence-electron chi connectivity index (χ0n) is 23.3. The van der Waals surface area contributed by atoms with Gasteiger partial charge in [-0.05, 0) is 59.6 Å². The van der Waals surface area contributed by atoms with Crippen molar-refractivity contribution in [2.24, 2.45) is 5.92 Å². The maximum atomic E-state index is 6.10. The van der Waals surface area contributed by atoms with E-state index in [4.69, 9.17) is 18.9 Å². The molecular formula is C33H48O4. The zero-order chi connectivity index (χ0) is 25.9. The van der Waals surface area contributed by atoms with Crippen molar-refractivity contribution in [2.45, 2.75) is 103 Å². The number of hydrogen-bond acceptors (Lipinski definition) is 4. The Morgan fingerprint density at radius 3 is 2.00 bits per heavy atom. The second-order valence-electron chi connectivity index (χ2n) is 11.1. The molecule has 37 heavy (non-hydrogen) atoms. The number of unbranched alkanes of at least 4 members (excludes halogenated alkanes) is 5. The first-order valence-corrected chi connectivity index (χ1v) is 14.9. The minimum atomic E-state index is 0.270. The minimum absolute atomic E-state index is 0.270. The molecule has 5 atom stereocenters. The molecule has 0 bridgehead atoms. The highest BCUT2D eigenvalue weighted by atomic mass is 16.6. The summed E-state index contributed by atoms with van der Waals surface area (Å²) in [7, 11) is 0. The molecule has 2 aromatic carbocycles. The van der Waals surface area contributed by atoms with Gasteiger partial charge in [-0.2, -0.15) is 0 Å². The molecular weight excluding hydrogens is 460 g/mol. The van der Waals surface area contributed by atoms with Gasteiger partial charge in [0.1, 0.15) is 36.9 Å². The van der Waals surface area contributed by atoms with E-state index in [1.165, 1.54) is 68.9 Å². The van der Waals surface area contributed by atoms with Crippen molar-refractivity contribution in [2.75, 3.05) is 26.4 Å². The lowest BCUT2D eigenvalue weighted by Gasteiger charge is -2.34. The van der Waals surface area contributed by atoms with Gasteiger partial charge in [-0.3, -0.25) is 0 Å². The summed E-state index contributed by atoms with van der Waals surface area (Å²) in [6, 6.07) is 17.8. The fourth-order valence-corrected chi connectivity index (χ4v) is 5.53. The maximum Gasteiger partial charge on any atom is 0.119 e. The van der Waals surface area contributed by atoms with Crippen LogP contribution in [0.1, 0.15) is 102 Å². The molecule has 2 aliphatic heterocycles. The topological polar surface area (TPSA) is 43.5 Å². The normalized spacial score (nSPS) is 20.7. The third kappa shape index (κ3) is 9.33. The van der Waals surface area contributed by atoms with Crippen LogP contribution < -0.4 is 9.47 Å². The number of epoxide rings is 2. The van der Waals surface area contributed by atoms with E-state index in [0.29, 0.717) is 31.0 Å². The third-order valence-electron chi connectivity index (χ3n) is 7.91. The molecule has 0 radical (unpaired) electrons. The molecule has 2 fully saturated rings. The molecule has 2 heterocycles. The largest absolute Gasteiger partial charge is 0.491 e. The molecule has 4 nitrogen and oxygen atoms in total. The van der Waals surface area contributed by atoms with E-state index in [0.717, 1.165) is 24.7 Å². The van der Waals surface area contributed by atoms with Gasteiger partial charge in [0.2, 0.25) is 0 Å². The Kier molecular flexibility index (Phi) is 11.2. The van der Waals surface area contributed by atoms with E-state index < -0.39 is 0 Å². The van der Waals surface area contributed by atoms with Crippen molar-refractivity contribution in [3.05, 3.63) is 59.7 Å². The lowest BCUT2D eigenvalue weighted by molar-refractivity contribution is 0.262. The van der Waals surface area contributed by atoms with Gasteiger partial charge in [-0.25, -0.2) is 0 Å². The summed E-state index contributed by atoms with van der Waals surface area (Å²) in [5.41, 5.74) is 2.83. The first-order valence-electron chi connectivity index (χ1n) is 14.9. The van der Waals surface area contributed by atoms with Crippen LogP contribution in [0.3, 0.4) is 0 Å². The van der Waals surface area contributed by atoms with Crippen molar-refractivity contribution in [3.8, 4) is 11.5 Å². The van der Waals surface area contributed by atoms with Gasteiger partial charge in [-0.1, -0.05) is 96.4 Å². The number of rotatable bonds is 19. The van der Waals surface area contributed by atoms with Gasteiger partial charge in [0.15, 0.2) is 0 Å². The number of ether oxygens (including phenoxy) is 4. The third-order valence-corrected chi connectivity index (χ3v) is 7.91. The molecule has 4 heteroatoms. The second kappa shape index (κ2) is 14.8. The average molecular weight is 509 g/mol. The van der Waals surface area contributed by atoms with Crippen LogP contribution in [0.5, 0.6) is 11.5 Å². The molecule has 0 amide bonds. The summed E-state index contributed by atoms with van der Waals surface area (Å²) in [4.78, 5) is 0. The molecule has 204 valence electrons. The zero-order valence-corrected chi connectivity index (χ0v) is 23.3. The average Bonchev–Trinajstić information content (AvgIpc) is 3.84. The SMILES string of the molecule is CCCCCCC(c1cccc(OCC2CO2)c1)C(c1ccc(OCC2CO2)cc1)C(C)CCCCC. The highest BCUT2D eigenvalue weighted by Crippen LogP contribution is 2.44. The molecule has 0 aliphatic carbocycles. The predicted octanol–water partition coefficient (Wildman–Crippen LogP) is 8.30. The molecule has 4 rings (SSSR count). The highest BCUT2D eigenvalue weighted by molar-refractivity contribution is 5.36. The van der Waals surface area contributed by atoms with Crippen LogP contribution in [0.4, 0.5) is 0 Å². The van der Waals surface area contributed by atoms with Crippen LogP contribution >= 0.6 is 0 Å². The standard InChI is InChI=1S/C33H48O4/c1-4-6-8-10-15-32(27-13-11-14-29(20-27)35-22-31-24-37-31)33(25(3)12-9-7-5-2)26-16-18-28(19-17-26)34-21-30-23-36-30/h11,13-14,16-20,25,30-33H,4-10,12,15,21-24H2,1-3H3. The van der Waals surface area contributed by atoms with Gasteiger partial charge < -0.3 is 18.9 Å². The molecule has 2 aromatic rings. The van der Waals surface area contributed by atoms with E-state index in [1.54, 1.807) is 0 Å². The van der Waals surface area contributed by atoms with Crippen LogP contribution in [0.2, 0.25) is 0 Å². The molecule has 0 saturated carbocycles. The van der Waals surface area contributed by atoms with Crippen molar-refractivity contribution >= 4 is 0 Å². The van der Waals surface area contributed by atoms with Crippen LogP contribution in [0.15, 0.2) is 48.5 Å². The van der Waals surface area contributed by atoms with Gasteiger partial charge >= 0.3 is 0 Å². The monoisotopic (exact) mass is 508 g/mol. The highest BCUT2D eigenvalue weighted by Gasteiger charge is 2.30. The van der Waals surface area contributed by atoms with Gasteiger partial charge in [-0.15, -0.1) is 0 Å². The summed E-state index contributed by atoms with van der Waals surface area (Å²) >= 11 is 0. The van der Waals surface area contributed by atoms with Crippen molar-refractivity contribution < 1.29 is 18.9 Å². The molecule has 0 spiro atoms. The Labute approximate surface area is 225 Å². The Morgan fingerprint density at radius 2 is 1.35 bits per heavy atom. The Balaban J connectivity index is 1.57. The first kappa shape index (κ1) is 28.0. The Morgan fingerprint density at radius 1 is 0.730 bits per heavy atom. The summed E-state index contributed by atoms with van der Waals surface area (Å²) in [6.07, 6.45) is 12.0. The van der Waals surface area contributed by atoms with E-state index in [-0.39, 0.29) is 12.2 Å². The Bertz CT molecular complexity index is 903. The first-order chi connectivity index (χ1) is 18.2. The van der Waals surface area contributed by atoms with Gasteiger partial charge in [0.25, 0.3) is 0 Å². The fourth-order valence-electron chi connectivity index (χ4n) is 5.53. The van der Waals surface area contributed by atoms with Crippen molar-refractivity contribution in [3.63, 3.8) is 0 Å². The lowest BCUT2D eigenvalue weighted by Crippen LogP contribution is -2.20. The summed E-state index contributed by atoms with van der Waals surface area (Å²) in [6.45, 7) is 10.0. The van der Waals surface area contributed by atoms with Crippen molar-refractivity contribution in [1.82, 2.24) is 0 Å². The maximum absolute atomic E-state index is 6.10. The quantitative estimate of drug-likeness (QED) is 0.141. The number of benzene rings is 2. The molecule has 5 unspecified atom stereocenters. The van der Waals surface area contributed by atoms with Gasteiger partial charge in [0.05, 0.1) is 13.2 Å². The number of hydrogen-bond donors (Lipinski definition) is 0. The fraction of sp³-hybridized carbons (Fsp3) is 0.636. The van der Waals surface area contributed by atoms with E-state index in [2.05, 4.69) is 69.3 Å². The smallest absolute Gasteiger partial charge is 0.119 e. The van der Waals surface area contributed by atoms with Crippen molar-refractivity contribution in [1.29, 1.82) is 0 Å². The van der Waals surface area contributed by atoms with E-state index in [9.17, 15) is 0 Å². The predicted molar refractivity (Wildman–Crippen MR) is 151 cm³/mol. The summed E-state index contributed by atoms with van der Waals surface area (Å²) in [5, 5.41) is 0. The summed E-state index contributed by atoms with van der Waals surface area (Å²) in [5.74, 6) is 3.42. The van der Waals surface area contributed by atoms with Crippen LogP contribution in [0.25, 0.3) is 0 Å². The summed E-state index contributed by atoms with van der Waals surface area (Å²) < 4.78 is 22.7. The minimum Gasteiger partial charge on any atom is -0.491 e. The van der Waals surface area contributed by atoms with E-state index >= 15 is 0 Å². The van der Waals surface area contributed by atoms with Crippen LogP contribution in [-0.4, -0.2) is 38.6 Å². The molecule has 2 aliphatic rings. The molecule has 0 N–H and O–H groups in total. The Hall–Kier alpha value is -2.04. The lowest BCUT2D eigenvalue weighted by atomic mass is 9.71.